The van der Waals surface area contributed by atoms with Crippen LogP contribution in [-0.4, -0.2) is 23.0 Å². The van der Waals surface area contributed by atoms with Gasteiger partial charge in [-0.1, -0.05) is 0 Å². The monoisotopic (exact) mass is 181 g/mol. The Morgan fingerprint density at radius 3 is 2.46 bits per heavy atom. The minimum Gasteiger partial charge on any atom is -0.463 e. The van der Waals surface area contributed by atoms with E-state index in [1.807, 2.05) is 0 Å². The number of rotatable bonds is 1. The lowest BCUT2D eigenvalue weighted by Gasteiger charge is -2.04. The number of carbonyl (C=O) groups excluding carboxylic acids is 1. The highest BCUT2D eigenvalue weighted by Crippen LogP contribution is 2.10. The van der Waals surface area contributed by atoms with Crippen molar-refractivity contribution in [3.63, 3.8) is 0 Å². The van der Waals surface area contributed by atoms with Gasteiger partial charge < -0.3 is 10.5 Å². The predicted octanol–water partition coefficient (Wildman–Crippen LogP) is 0.462. The zero-order chi connectivity index (χ0) is 10.0. The van der Waals surface area contributed by atoms with E-state index in [9.17, 15) is 4.79 Å². The summed E-state index contributed by atoms with van der Waals surface area (Å²) in [5.74, 6) is -0.259. The van der Waals surface area contributed by atoms with Crippen LogP contribution in [0.2, 0.25) is 0 Å². The van der Waals surface area contributed by atoms with E-state index in [0.29, 0.717) is 11.5 Å². The lowest BCUT2D eigenvalue weighted by Crippen LogP contribution is -2.11. The number of aryl methyl sites for hydroxylation is 1. The maximum atomic E-state index is 11.0. The van der Waals surface area contributed by atoms with Crippen LogP contribution in [-0.2, 0) is 4.74 Å². The number of nitrogens with zero attached hydrogens (tertiary/aromatic N) is 2. The molecule has 1 heterocycles. The van der Waals surface area contributed by atoms with E-state index in [-0.39, 0.29) is 5.82 Å². The molecule has 0 atom stereocenters. The quantitative estimate of drug-likeness (QED) is 0.637. The third-order valence-corrected chi connectivity index (χ3v) is 1.79. The first kappa shape index (κ1) is 9.44. The molecule has 0 aliphatic rings. The summed E-state index contributed by atoms with van der Waals surface area (Å²) in [6.07, 6.45) is 0. The van der Waals surface area contributed by atoms with E-state index < -0.39 is 5.97 Å². The van der Waals surface area contributed by atoms with Gasteiger partial charge in [0.05, 0.1) is 7.11 Å². The summed E-state index contributed by atoms with van der Waals surface area (Å²) in [7, 11) is 1.27. The molecule has 0 unspecified atom stereocenters. The number of hydrogen-bond acceptors (Lipinski definition) is 5. The van der Waals surface area contributed by atoms with Crippen molar-refractivity contribution in [2.24, 2.45) is 0 Å². The van der Waals surface area contributed by atoms with Crippen LogP contribution < -0.4 is 5.73 Å². The van der Waals surface area contributed by atoms with E-state index in [1.165, 1.54) is 7.11 Å². The van der Waals surface area contributed by atoms with Gasteiger partial charge in [0.2, 0.25) is 5.82 Å². The number of aromatic nitrogens is 2. The zero-order valence-corrected chi connectivity index (χ0v) is 7.79. The standard InChI is InChI=1S/C8H11N3O2/c1-4-5(2)10-7(8(12)13-3)11-6(4)9/h1-3H3,(H2,9,10,11). The Morgan fingerprint density at radius 2 is 2.00 bits per heavy atom. The first-order valence-electron chi connectivity index (χ1n) is 3.75. The molecule has 0 saturated carbocycles. The van der Waals surface area contributed by atoms with Crippen molar-refractivity contribution in [2.75, 3.05) is 12.8 Å². The van der Waals surface area contributed by atoms with Crippen LogP contribution >= 0.6 is 0 Å². The summed E-state index contributed by atoms with van der Waals surface area (Å²) in [6, 6.07) is 0. The zero-order valence-electron chi connectivity index (χ0n) is 7.79. The Hall–Kier alpha value is -1.65. The largest absolute Gasteiger partial charge is 0.463 e. The van der Waals surface area contributed by atoms with Crippen molar-refractivity contribution in [3.8, 4) is 0 Å². The molecule has 0 fully saturated rings. The van der Waals surface area contributed by atoms with Crippen molar-refractivity contribution in [1.29, 1.82) is 0 Å². The fraction of sp³-hybridized carbons (Fsp3) is 0.375. The number of hydrogen-bond donors (Lipinski definition) is 1. The van der Waals surface area contributed by atoms with E-state index in [2.05, 4.69) is 14.7 Å². The number of carbonyl (C=O) groups is 1. The van der Waals surface area contributed by atoms with Crippen LogP contribution in [0.4, 0.5) is 5.82 Å². The molecule has 1 rings (SSSR count). The fourth-order valence-electron chi connectivity index (χ4n) is 0.834. The third kappa shape index (κ3) is 1.74. The summed E-state index contributed by atoms with van der Waals surface area (Å²) in [6.45, 7) is 3.56. The van der Waals surface area contributed by atoms with E-state index in [0.717, 1.165) is 5.56 Å². The molecule has 0 radical (unpaired) electrons. The molecule has 2 N–H and O–H groups in total. The Bertz CT molecular complexity index is 326. The second kappa shape index (κ2) is 3.38. The molecule has 0 saturated heterocycles. The minimum absolute atomic E-state index is 0.00287. The third-order valence-electron chi connectivity index (χ3n) is 1.79. The highest BCUT2D eigenvalue weighted by atomic mass is 16.5. The summed E-state index contributed by atoms with van der Waals surface area (Å²) in [5.41, 5.74) is 7.03. The molecule has 13 heavy (non-hydrogen) atoms. The van der Waals surface area contributed by atoms with Crippen molar-refractivity contribution in [3.05, 3.63) is 17.1 Å². The van der Waals surface area contributed by atoms with Gasteiger partial charge in [-0.2, -0.15) is 0 Å². The molecule has 0 bridgehead atoms. The number of anilines is 1. The van der Waals surface area contributed by atoms with Crippen LogP contribution in [0.25, 0.3) is 0 Å². The van der Waals surface area contributed by atoms with Gasteiger partial charge in [0.1, 0.15) is 5.82 Å². The van der Waals surface area contributed by atoms with Crippen molar-refractivity contribution in [2.45, 2.75) is 13.8 Å². The summed E-state index contributed by atoms with van der Waals surface area (Å²) < 4.78 is 4.47. The first-order chi connectivity index (χ1) is 6.06. The summed E-state index contributed by atoms with van der Waals surface area (Å²) >= 11 is 0. The van der Waals surface area contributed by atoms with Crippen LogP contribution in [0.15, 0.2) is 0 Å². The van der Waals surface area contributed by atoms with Gasteiger partial charge in [-0.25, -0.2) is 14.8 Å². The van der Waals surface area contributed by atoms with Gasteiger partial charge in [-0.05, 0) is 13.8 Å². The van der Waals surface area contributed by atoms with Gasteiger partial charge in [-0.15, -0.1) is 0 Å². The van der Waals surface area contributed by atoms with Crippen molar-refractivity contribution >= 4 is 11.8 Å². The van der Waals surface area contributed by atoms with Crippen molar-refractivity contribution < 1.29 is 9.53 Å². The molecular formula is C8H11N3O2. The van der Waals surface area contributed by atoms with Gasteiger partial charge in [0, 0.05) is 11.3 Å². The van der Waals surface area contributed by atoms with E-state index in [4.69, 9.17) is 5.73 Å². The summed E-state index contributed by atoms with van der Waals surface area (Å²) in [4.78, 5) is 18.8. The van der Waals surface area contributed by atoms with Gasteiger partial charge >= 0.3 is 5.97 Å². The maximum absolute atomic E-state index is 11.0. The van der Waals surface area contributed by atoms with E-state index >= 15 is 0 Å². The van der Waals surface area contributed by atoms with E-state index in [1.54, 1.807) is 13.8 Å². The molecule has 0 amide bonds. The van der Waals surface area contributed by atoms with Crippen LogP contribution in [0.1, 0.15) is 21.9 Å². The molecule has 1 aromatic rings. The Morgan fingerprint density at radius 1 is 1.38 bits per heavy atom. The smallest absolute Gasteiger partial charge is 0.376 e. The van der Waals surface area contributed by atoms with Gasteiger partial charge in [0.15, 0.2) is 0 Å². The second-order valence-electron chi connectivity index (χ2n) is 2.63. The van der Waals surface area contributed by atoms with Crippen LogP contribution in [0, 0.1) is 13.8 Å². The molecule has 0 aromatic carbocycles. The second-order valence-corrected chi connectivity index (χ2v) is 2.63. The number of ether oxygens (including phenoxy) is 1. The molecular weight excluding hydrogens is 170 g/mol. The molecule has 0 spiro atoms. The molecule has 5 heteroatoms. The number of esters is 1. The van der Waals surface area contributed by atoms with Crippen LogP contribution in [0.5, 0.6) is 0 Å². The SMILES string of the molecule is COC(=O)c1nc(C)c(C)c(N)n1. The number of nitrogen functional groups attached to an aromatic ring is 1. The van der Waals surface area contributed by atoms with Gasteiger partial charge in [0.25, 0.3) is 0 Å². The van der Waals surface area contributed by atoms with Crippen molar-refractivity contribution in [1.82, 2.24) is 9.97 Å². The Balaban J connectivity index is 3.20. The van der Waals surface area contributed by atoms with Gasteiger partial charge in [-0.3, -0.25) is 0 Å². The maximum Gasteiger partial charge on any atom is 0.376 e. The lowest BCUT2D eigenvalue weighted by atomic mass is 10.2. The molecule has 1 aromatic heterocycles. The first-order valence-corrected chi connectivity index (χ1v) is 3.75. The highest BCUT2D eigenvalue weighted by molar-refractivity contribution is 5.85. The molecule has 70 valence electrons. The average molecular weight is 181 g/mol. The average Bonchev–Trinajstić information content (AvgIpc) is 2.12. The minimum atomic E-state index is -0.574. The Labute approximate surface area is 75.9 Å². The normalized spacial score (nSPS) is 9.77. The molecule has 5 nitrogen and oxygen atoms in total. The fourth-order valence-corrected chi connectivity index (χ4v) is 0.834. The lowest BCUT2D eigenvalue weighted by molar-refractivity contribution is 0.0586. The Kier molecular flexibility index (Phi) is 2.46. The number of methoxy groups -OCH3 is 1. The van der Waals surface area contributed by atoms with Crippen LogP contribution in [0.3, 0.4) is 0 Å². The summed E-state index contributed by atoms with van der Waals surface area (Å²) in [5, 5.41) is 0. The predicted molar refractivity (Wildman–Crippen MR) is 47.3 cm³/mol. The molecule has 0 aliphatic carbocycles. The highest BCUT2D eigenvalue weighted by Gasteiger charge is 2.12. The topological polar surface area (TPSA) is 78.1 Å². The number of nitrogens with two attached hydrogens (primary N) is 1. The molecule has 0 aliphatic heterocycles.